The predicted molar refractivity (Wildman–Crippen MR) is 80.2 cm³/mol. The van der Waals surface area contributed by atoms with Gasteiger partial charge in [-0.2, -0.15) is 0 Å². The summed E-state index contributed by atoms with van der Waals surface area (Å²) in [4.78, 5) is 4.42. The van der Waals surface area contributed by atoms with Gasteiger partial charge in [-0.05, 0) is 30.5 Å². The van der Waals surface area contributed by atoms with E-state index in [-0.39, 0.29) is 5.82 Å². The van der Waals surface area contributed by atoms with Crippen molar-refractivity contribution in [2.24, 2.45) is 10.9 Å². The van der Waals surface area contributed by atoms with Crippen LogP contribution in [0.2, 0.25) is 0 Å². The lowest BCUT2D eigenvalue weighted by Gasteiger charge is -2.16. The minimum atomic E-state index is -0.696. The van der Waals surface area contributed by atoms with E-state index in [4.69, 9.17) is 0 Å². The van der Waals surface area contributed by atoms with E-state index in [2.05, 4.69) is 29.5 Å². The SMILES string of the molecule is CCNC(=NCC(C)C)NCC(O)c1ccc(F)cc1. The first-order valence-corrected chi connectivity index (χ1v) is 6.98. The maximum Gasteiger partial charge on any atom is 0.191 e. The molecule has 0 aliphatic rings. The molecule has 112 valence electrons. The smallest absolute Gasteiger partial charge is 0.191 e. The molecule has 1 unspecified atom stereocenters. The van der Waals surface area contributed by atoms with Crippen molar-refractivity contribution in [1.82, 2.24) is 10.6 Å². The third-order valence-electron chi connectivity index (χ3n) is 2.68. The molecule has 0 radical (unpaired) electrons. The highest BCUT2D eigenvalue weighted by Crippen LogP contribution is 2.12. The lowest BCUT2D eigenvalue weighted by molar-refractivity contribution is 0.180. The topological polar surface area (TPSA) is 56.7 Å². The molecule has 0 aromatic heterocycles. The molecule has 0 fully saturated rings. The fourth-order valence-corrected chi connectivity index (χ4v) is 1.61. The van der Waals surface area contributed by atoms with Crippen LogP contribution < -0.4 is 10.6 Å². The lowest BCUT2D eigenvalue weighted by atomic mass is 10.1. The van der Waals surface area contributed by atoms with Gasteiger partial charge in [0.2, 0.25) is 0 Å². The molecule has 0 saturated carbocycles. The van der Waals surface area contributed by atoms with Gasteiger partial charge in [-0.3, -0.25) is 4.99 Å². The molecule has 0 heterocycles. The highest BCUT2D eigenvalue weighted by Gasteiger charge is 2.08. The Morgan fingerprint density at radius 3 is 2.45 bits per heavy atom. The van der Waals surface area contributed by atoms with Crippen LogP contribution in [-0.4, -0.2) is 30.7 Å². The van der Waals surface area contributed by atoms with Crippen molar-refractivity contribution in [3.8, 4) is 0 Å². The molecule has 20 heavy (non-hydrogen) atoms. The van der Waals surface area contributed by atoms with Crippen LogP contribution in [0.4, 0.5) is 4.39 Å². The Morgan fingerprint density at radius 1 is 1.25 bits per heavy atom. The number of guanidine groups is 1. The first-order chi connectivity index (χ1) is 9.52. The van der Waals surface area contributed by atoms with Gasteiger partial charge in [-0.1, -0.05) is 26.0 Å². The number of nitrogens with one attached hydrogen (secondary N) is 2. The van der Waals surface area contributed by atoms with Crippen molar-refractivity contribution < 1.29 is 9.50 Å². The van der Waals surface area contributed by atoms with Crippen LogP contribution >= 0.6 is 0 Å². The highest BCUT2D eigenvalue weighted by atomic mass is 19.1. The molecule has 0 aliphatic carbocycles. The second kappa shape index (κ2) is 8.53. The number of hydrogen-bond donors (Lipinski definition) is 3. The molecule has 1 aromatic rings. The lowest BCUT2D eigenvalue weighted by Crippen LogP contribution is -2.39. The van der Waals surface area contributed by atoms with Crippen molar-refractivity contribution >= 4 is 5.96 Å². The monoisotopic (exact) mass is 281 g/mol. The van der Waals surface area contributed by atoms with E-state index in [1.807, 2.05) is 6.92 Å². The Kier molecular flexibility index (Phi) is 7.01. The van der Waals surface area contributed by atoms with E-state index in [0.29, 0.717) is 24.0 Å². The zero-order valence-electron chi connectivity index (χ0n) is 12.4. The number of hydrogen-bond acceptors (Lipinski definition) is 2. The van der Waals surface area contributed by atoms with Gasteiger partial charge < -0.3 is 15.7 Å². The van der Waals surface area contributed by atoms with Crippen molar-refractivity contribution in [3.05, 3.63) is 35.6 Å². The van der Waals surface area contributed by atoms with Gasteiger partial charge >= 0.3 is 0 Å². The van der Waals surface area contributed by atoms with Crippen LogP contribution in [-0.2, 0) is 0 Å². The summed E-state index contributed by atoms with van der Waals surface area (Å²) >= 11 is 0. The largest absolute Gasteiger partial charge is 0.387 e. The summed E-state index contributed by atoms with van der Waals surface area (Å²) in [5.41, 5.74) is 0.679. The molecule has 1 aromatic carbocycles. The molecule has 0 amide bonds. The van der Waals surface area contributed by atoms with Crippen molar-refractivity contribution in [2.75, 3.05) is 19.6 Å². The molecular formula is C15H24FN3O. The number of halogens is 1. The summed E-state index contributed by atoms with van der Waals surface area (Å²) in [6.45, 7) is 8.00. The maximum atomic E-state index is 12.8. The Labute approximate surface area is 120 Å². The van der Waals surface area contributed by atoms with Gasteiger partial charge in [0.25, 0.3) is 0 Å². The normalized spacial score (nSPS) is 13.4. The van der Waals surface area contributed by atoms with E-state index in [1.165, 1.54) is 12.1 Å². The Hall–Kier alpha value is -1.62. The van der Waals surface area contributed by atoms with Crippen molar-refractivity contribution in [1.29, 1.82) is 0 Å². The minimum Gasteiger partial charge on any atom is -0.387 e. The molecule has 0 aliphatic heterocycles. The van der Waals surface area contributed by atoms with E-state index in [0.717, 1.165) is 13.1 Å². The van der Waals surface area contributed by atoms with Gasteiger partial charge in [-0.25, -0.2) is 4.39 Å². The molecule has 0 spiro atoms. The zero-order chi connectivity index (χ0) is 15.0. The molecule has 5 heteroatoms. The van der Waals surface area contributed by atoms with Crippen LogP contribution in [0.25, 0.3) is 0 Å². The summed E-state index contributed by atoms with van der Waals surface area (Å²) in [6.07, 6.45) is -0.696. The van der Waals surface area contributed by atoms with E-state index < -0.39 is 6.10 Å². The fourth-order valence-electron chi connectivity index (χ4n) is 1.61. The number of aliphatic imine (C=N–C) groups is 1. The summed E-state index contributed by atoms with van der Waals surface area (Å²) in [7, 11) is 0. The van der Waals surface area contributed by atoms with Gasteiger partial charge in [0, 0.05) is 19.6 Å². The average Bonchev–Trinajstić information content (AvgIpc) is 2.42. The quantitative estimate of drug-likeness (QED) is 0.553. The predicted octanol–water partition coefficient (Wildman–Crippen LogP) is 2.07. The highest BCUT2D eigenvalue weighted by molar-refractivity contribution is 5.79. The van der Waals surface area contributed by atoms with Crippen LogP contribution in [0.15, 0.2) is 29.3 Å². The van der Waals surface area contributed by atoms with Gasteiger partial charge in [0.1, 0.15) is 5.82 Å². The summed E-state index contributed by atoms with van der Waals surface area (Å²) < 4.78 is 12.8. The standard InChI is InChI=1S/C15H24FN3O/c1-4-17-15(18-9-11(2)3)19-10-14(20)12-5-7-13(16)8-6-12/h5-8,11,14,20H,4,9-10H2,1-3H3,(H2,17,18,19). The number of rotatable bonds is 6. The molecular weight excluding hydrogens is 257 g/mol. The molecule has 1 atom stereocenters. The molecule has 1 rings (SSSR count). The average molecular weight is 281 g/mol. The molecule has 3 N–H and O–H groups in total. The van der Waals surface area contributed by atoms with Crippen molar-refractivity contribution in [3.63, 3.8) is 0 Å². The summed E-state index contributed by atoms with van der Waals surface area (Å²) in [5, 5.41) is 16.2. The number of aliphatic hydroxyl groups excluding tert-OH is 1. The minimum absolute atomic E-state index is 0.305. The fraction of sp³-hybridized carbons (Fsp3) is 0.533. The van der Waals surface area contributed by atoms with E-state index in [9.17, 15) is 9.50 Å². The molecule has 4 nitrogen and oxygen atoms in total. The van der Waals surface area contributed by atoms with Gasteiger partial charge in [-0.15, -0.1) is 0 Å². The van der Waals surface area contributed by atoms with Crippen molar-refractivity contribution in [2.45, 2.75) is 26.9 Å². The van der Waals surface area contributed by atoms with Crippen LogP contribution in [0.5, 0.6) is 0 Å². The van der Waals surface area contributed by atoms with Gasteiger partial charge in [0.15, 0.2) is 5.96 Å². The second-order valence-electron chi connectivity index (χ2n) is 5.06. The third kappa shape index (κ3) is 6.02. The number of aliphatic hydroxyl groups is 1. The van der Waals surface area contributed by atoms with Crippen LogP contribution in [0.3, 0.4) is 0 Å². The van der Waals surface area contributed by atoms with E-state index >= 15 is 0 Å². The summed E-state index contributed by atoms with van der Waals surface area (Å²) in [6, 6.07) is 5.85. The van der Waals surface area contributed by atoms with Gasteiger partial charge in [0.05, 0.1) is 6.10 Å². The Morgan fingerprint density at radius 2 is 1.90 bits per heavy atom. The summed E-state index contributed by atoms with van der Waals surface area (Å²) in [5.74, 6) is 0.857. The Bertz CT molecular complexity index is 418. The van der Waals surface area contributed by atoms with Crippen LogP contribution in [0.1, 0.15) is 32.4 Å². The molecule has 0 saturated heterocycles. The van der Waals surface area contributed by atoms with Crippen LogP contribution in [0, 0.1) is 11.7 Å². The number of benzene rings is 1. The maximum absolute atomic E-state index is 12.8. The second-order valence-corrected chi connectivity index (χ2v) is 5.06. The number of nitrogens with zero attached hydrogens (tertiary/aromatic N) is 1. The molecule has 0 bridgehead atoms. The third-order valence-corrected chi connectivity index (χ3v) is 2.68. The Balaban J connectivity index is 2.53. The first-order valence-electron chi connectivity index (χ1n) is 6.98. The zero-order valence-corrected chi connectivity index (χ0v) is 12.4. The first kappa shape index (κ1) is 16.4. The van der Waals surface area contributed by atoms with E-state index in [1.54, 1.807) is 12.1 Å².